The van der Waals surface area contributed by atoms with Crippen molar-refractivity contribution in [3.05, 3.63) is 58.1 Å². The number of phenolic OH excluding ortho intramolecular Hbond substituents is 1. The lowest BCUT2D eigenvalue weighted by molar-refractivity contribution is -0.0341. The Bertz CT molecular complexity index is 917. The Morgan fingerprint density at radius 2 is 1.76 bits per heavy atom. The maximum Gasteiger partial charge on any atom is 0.115 e. The normalized spacial score (nSPS) is 38.2. The second-order valence-electron chi connectivity index (χ2n) is 9.22. The number of hydrogen-bond donors (Lipinski definition) is 3. The molecule has 3 aliphatic carbocycles. The number of hydrogen-bond acceptors (Lipinski definition) is 4. The van der Waals surface area contributed by atoms with E-state index in [2.05, 4.69) is 35.0 Å². The van der Waals surface area contributed by atoms with Gasteiger partial charge in [-0.15, -0.1) is 11.8 Å². The minimum absolute atomic E-state index is 0.00500. The first-order chi connectivity index (χ1) is 13.9. The van der Waals surface area contributed by atoms with Crippen molar-refractivity contribution in [1.82, 2.24) is 0 Å². The molecule has 5 heteroatoms. The van der Waals surface area contributed by atoms with Crippen molar-refractivity contribution < 1.29 is 15.3 Å². The van der Waals surface area contributed by atoms with Gasteiger partial charge in [0.25, 0.3) is 0 Å². The van der Waals surface area contributed by atoms with Crippen molar-refractivity contribution >= 4 is 27.7 Å². The number of aliphatic hydroxyl groups excluding tert-OH is 2. The monoisotopic (exact) mass is 474 g/mol. The average molecular weight is 475 g/mol. The minimum Gasteiger partial charge on any atom is -0.508 e. The second kappa shape index (κ2) is 7.30. The third-order valence-corrected chi connectivity index (χ3v) is 9.76. The lowest BCUT2D eigenvalue weighted by Gasteiger charge is -2.54. The maximum atomic E-state index is 11.5. The molecule has 0 radical (unpaired) electrons. The van der Waals surface area contributed by atoms with E-state index >= 15 is 0 Å². The average Bonchev–Trinajstić information content (AvgIpc) is 3.01. The van der Waals surface area contributed by atoms with Crippen molar-refractivity contribution in [2.75, 3.05) is 0 Å². The number of phenols is 1. The Morgan fingerprint density at radius 1 is 1.00 bits per heavy atom. The van der Waals surface area contributed by atoms with E-state index in [-0.39, 0.29) is 22.5 Å². The Hall–Kier alpha value is -1.01. The largest absolute Gasteiger partial charge is 0.508 e. The third kappa shape index (κ3) is 3.16. The zero-order valence-corrected chi connectivity index (χ0v) is 18.9. The van der Waals surface area contributed by atoms with Crippen molar-refractivity contribution in [2.45, 2.75) is 60.9 Å². The predicted molar refractivity (Wildman–Crippen MR) is 119 cm³/mol. The third-order valence-electron chi connectivity index (χ3n) is 7.85. The molecule has 0 heterocycles. The van der Waals surface area contributed by atoms with Crippen LogP contribution in [0.3, 0.4) is 0 Å². The van der Waals surface area contributed by atoms with Gasteiger partial charge in [-0.1, -0.05) is 28.9 Å². The molecular formula is C24H27BrO3S. The lowest BCUT2D eigenvalue weighted by Crippen LogP contribution is -2.49. The molecule has 0 bridgehead atoms. The Balaban J connectivity index is 1.59. The van der Waals surface area contributed by atoms with Gasteiger partial charge < -0.3 is 15.3 Å². The van der Waals surface area contributed by atoms with Crippen LogP contribution in [0.15, 0.2) is 51.8 Å². The van der Waals surface area contributed by atoms with Crippen LogP contribution in [0, 0.1) is 17.3 Å². The molecule has 2 fully saturated rings. The maximum absolute atomic E-state index is 11.5. The molecular weight excluding hydrogens is 448 g/mol. The lowest BCUT2D eigenvalue weighted by atomic mass is 9.55. The van der Waals surface area contributed by atoms with E-state index in [1.807, 2.05) is 18.2 Å². The SMILES string of the molecule is C[C@]12CCC3c4ccc(O)cc4C(O)C(Sc4ccc(Br)cc4)C3C1CCC2O. The first-order valence-corrected chi connectivity index (χ1v) is 12.2. The van der Waals surface area contributed by atoms with Gasteiger partial charge in [-0.25, -0.2) is 0 Å². The van der Waals surface area contributed by atoms with Crippen molar-refractivity contribution in [2.24, 2.45) is 17.3 Å². The molecule has 5 rings (SSSR count). The summed E-state index contributed by atoms with van der Waals surface area (Å²) >= 11 is 5.25. The fraction of sp³-hybridized carbons (Fsp3) is 0.500. The summed E-state index contributed by atoms with van der Waals surface area (Å²) in [5.41, 5.74) is 2.01. The highest BCUT2D eigenvalue weighted by Crippen LogP contribution is 2.64. The summed E-state index contributed by atoms with van der Waals surface area (Å²) < 4.78 is 1.04. The minimum atomic E-state index is -0.632. The summed E-state index contributed by atoms with van der Waals surface area (Å²) in [6.07, 6.45) is 3.05. The summed E-state index contributed by atoms with van der Waals surface area (Å²) in [6, 6.07) is 13.8. The molecule has 0 amide bonds. The van der Waals surface area contributed by atoms with E-state index in [4.69, 9.17) is 0 Å². The number of halogens is 1. The van der Waals surface area contributed by atoms with Gasteiger partial charge in [-0.3, -0.25) is 0 Å². The van der Waals surface area contributed by atoms with Gasteiger partial charge in [0.1, 0.15) is 5.75 Å². The highest BCUT2D eigenvalue weighted by molar-refractivity contribution is 9.10. The molecule has 154 valence electrons. The van der Waals surface area contributed by atoms with Crippen LogP contribution >= 0.6 is 27.7 Å². The zero-order chi connectivity index (χ0) is 20.3. The molecule has 3 aliphatic rings. The molecule has 7 atom stereocenters. The highest BCUT2D eigenvalue weighted by Gasteiger charge is 2.58. The van der Waals surface area contributed by atoms with Crippen LogP contribution in [-0.2, 0) is 0 Å². The fourth-order valence-corrected chi connectivity index (χ4v) is 8.03. The topological polar surface area (TPSA) is 60.7 Å². The molecule has 0 saturated heterocycles. The summed E-state index contributed by atoms with van der Waals surface area (Å²) in [6.45, 7) is 2.26. The summed E-state index contributed by atoms with van der Waals surface area (Å²) in [5.74, 6) is 1.29. The van der Waals surface area contributed by atoms with Crippen molar-refractivity contribution in [3.63, 3.8) is 0 Å². The molecule has 2 aromatic rings. The van der Waals surface area contributed by atoms with Crippen LogP contribution in [-0.4, -0.2) is 26.7 Å². The van der Waals surface area contributed by atoms with Gasteiger partial charge in [0.05, 0.1) is 12.2 Å². The smallest absolute Gasteiger partial charge is 0.115 e. The van der Waals surface area contributed by atoms with Gasteiger partial charge in [0.15, 0.2) is 0 Å². The number of aromatic hydroxyl groups is 1. The number of fused-ring (bicyclic) bond motifs is 5. The summed E-state index contributed by atoms with van der Waals surface area (Å²) in [4.78, 5) is 1.14. The molecule has 0 spiro atoms. The number of aliphatic hydroxyl groups is 2. The highest BCUT2D eigenvalue weighted by atomic mass is 79.9. The first kappa shape index (κ1) is 19.9. The quantitative estimate of drug-likeness (QED) is 0.527. The summed E-state index contributed by atoms with van der Waals surface area (Å²) in [7, 11) is 0. The summed E-state index contributed by atoms with van der Waals surface area (Å²) in [5, 5.41) is 32.3. The van der Waals surface area contributed by atoms with Gasteiger partial charge in [-0.2, -0.15) is 0 Å². The van der Waals surface area contributed by atoms with Crippen LogP contribution in [0.25, 0.3) is 0 Å². The van der Waals surface area contributed by atoms with Crippen LogP contribution < -0.4 is 0 Å². The van der Waals surface area contributed by atoms with Gasteiger partial charge in [0, 0.05) is 14.6 Å². The zero-order valence-electron chi connectivity index (χ0n) is 16.5. The van der Waals surface area contributed by atoms with E-state index in [0.717, 1.165) is 40.6 Å². The van der Waals surface area contributed by atoms with E-state index in [9.17, 15) is 15.3 Å². The van der Waals surface area contributed by atoms with Gasteiger partial charge in [0.2, 0.25) is 0 Å². The molecule has 0 aromatic heterocycles. The Morgan fingerprint density at radius 3 is 2.52 bits per heavy atom. The van der Waals surface area contributed by atoms with E-state index in [1.165, 1.54) is 5.56 Å². The predicted octanol–water partition coefficient (Wildman–Crippen LogP) is 5.63. The van der Waals surface area contributed by atoms with Crippen LogP contribution in [0.4, 0.5) is 0 Å². The first-order valence-electron chi connectivity index (χ1n) is 10.5. The van der Waals surface area contributed by atoms with Crippen molar-refractivity contribution in [1.29, 1.82) is 0 Å². The Kier molecular flexibility index (Phi) is 5.01. The molecule has 0 aliphatic heterocycles. The molecule has 29 heavy (non-hydrogen) atoms. The van der Waals surface area contributed by atoms with E-state index in [0.29, 0.717) is 17.8 Å². The van der Waals surface area contributed by atoms with Crippen LogP contribution in [0.5, 0.6) is 5.75 Å². The van der Waals surface area contributed by atoms with Crippen molar-refractivity contribution in [3.8, 4) is 5.75 Å². The molecule has 3 N–H and O–H groups in total. The van der Waals surface area contributed by atoms with Crippen LogP contribution in [0.2, 0.25) is 0 Å². The van der Waals surface area contributed by atoms with Gasteiger partial charge >= 0.3 is 0 Å². The van der Waals surface area contributed by atoms with Gasteiger partial charge in [-0.05, 0) is 96.4 Å². The molecule has 6 unspecified atom stereocenters. The standard InChI is InChI=1S/C24H27BrO3S/c1-24-11-10-17-16-7-4-14(26)12-18(16)22(28)23(21(17)19(24)8-9-20(24)27)29-15-5-2-13(25)3-6-15/h2-7,12,17,19-23,26-28H,8-11H2,1H3/t17?,19?,20?,21?,22?,23?,24-/m0/s1. The fourth-order valence-electron chi connectivity index (χ4n) is 6.34. The number of thioether (sulfide) groups is 1. The number of rotatable bonds is 2. The molecule has 2 aromatic carbocycles. The van der Waals surface area contributed by atoms with E-state index in [1.54, 1.807) is 23.9 Å². The van der Waals surface area contributed by atoms with E-state index < -0.39 is 6.10 Å². The second-order valence-corrected chi connectivity index (χ2v) is 11.4. The molecule has 2 saturated carbocycles. The number of benzene rings is 2. The molecule has 3 nitrogen and oxygen atoms in total. The Labute approximate surface area is 184 Å². The van der Waals surface area contributed by atoms with Crippen LogP contribution in [0.1, 0.15) is 55.8 Å².